The molecule has 4 heteroatoms. The zero-order chi connectivity index (χ0) is 14.2. The van der Waals surface area contributed by atoms with Crippen LogP contribution < -0.4 is 14.9 Å². The van der Waals surface area contributed by atoms with Crippen molar-refractivity contribution < 1.29 is 9.47 Å². The van der Waals surface area contributed by atoms with Gasteiger partial charge in [-0.05, 0) is 42.8 Å². The molecule has 0 aliphatic rings. The predicted molar refractivity (Wildman–Crippen MR) is 81.8 cm³/mol. The first-order valence-corrected chi connectivity index (χ1v) is 6.48. The topological polar surface area (TPSA) is 42.8 Å². The largest absolute Gasteiger partial charge is 0.493 e. The maximum absolute atomic E-state index is 5.53. The van der Waals surface area contributed by atoms with E-state index in [0.717, 1.165) is 22.7 Å². The van der Waals surface area contributed by atoms with E-state index in [-0.39, 0.29) is 0 Å². The minimum absolute atomic E-state index is 0.596. The molecule has 1 N–H and O–H groups in total. The molecule has 0 amide bonds. The van der Waals surface area contributed by atoms with Crippen molar-refractivity contribution in [1.29, 1.82) is 0 Å². The van der Waals surface area contributed by atoms with Crippen molar-refractivity contribution in [2.45, 2.75) is 6.92 Å². The first-order valence-electron chi connectivity index (χ1n) is 6.48. The normalized spacial score (nSPS) is 10.5. The van der Waals surface area contributed by atoms with Gasteiger partial charge in [-0.1, -0.05) is 18.2 Å². The van der Waals surface area contributed by atoms with Gasteiger partial charge in [0.1, 0.15) is 0 Å². The van der Waals surface area contributed by atoms with E-state index in [1.807, 2.05) is 55.5 Å². The third-order valence-electron chi connectivity index (χ3n) is 2.67. The standard InChI is InChI=1S/C16H18N2O2/c1-3-20-16-11-13(9-10-15(16)19-2)12-17-18-14-7-5-4-6-8-14/h4-12,18H,3H2,1-2H3. The lowest BCUT2D eigenvalue weighted by atomic mass is 10.2. The van der Waals surface area contributed by atoms with Crippen LogP contribution in [0, 0.1) is 0 Å². The fourth-order valence-electron chi connectivity index (χ4n) is 1.74. The number of para-hydroxylation sites is 1. The lowest BCUT2D eigenvalue weighted by Gasteiger charge is -2.09. The molecule has 0 bridgehead atoms. The average Bonchev–Trinajstić information content (AvgIpc) is 2.49. The summed E-state index contributed by atoms with van der Waals surface area (Å²) in [6.07, 6.45) is 1.74. The highest BCUT2D eigenvalue weighted by atomic mass is 16.5. The fourth-order valence-corrected chi connectivity index (χ4v) is 1.74. The molecule has 0 saturated heterocycles. The van der Waals surface area contributed by atoms with Gasteiger partial charge < -0.3 is 9.47 Å². The monoisotopic (exact) mass is 270 g/mol. The van der Waals surface area contributed by atoms with E-state index in [0.29, 0.717) is 6.61 Å². The quantitative estimate of drug-likeness (QED) is 0.645. The molecule has 0 fully saturated rings. The number of hydrogen-bond donors (Lipinski definition) is 1. The van der Waals surface area contributed by atoms with Gasteiger partial charge in [-0.15, -0.1) is 0 Å². The van der Waals surface area contributed by atoms with Crippen molar-refractivity contribution in [3.8, 4) is 11.5 Å². The second-order valence-corrected chi connectivity index (χ2v) is 4.08. The van der Waals surface area contributed by atoms with Crippen molar-refractivity contribution in [1.82, 2.24) is 0 Å². The Morgan fingerprint density at radius 1 is 1.10 bits per heavy atom. The molecule has 0 aliphatic heterocycles. The lowest BCUT2D eigenvalue weighted by molar-refractivity contribution is 0.311. The summed E-state index contributed by atoms with van der Waals surface area (Å²) in [7, 11) is 1.63. The van der Waals surface area contributed by atoms with Crippen LogP contribution in [-0.4, -0.2) is 19.9 Å². The molecular formula is C16H18N2O2. The van der Waals surface area contributed by atoms with Gasteiger partial charge in [0.15, 0.2) is 11.5 Å². The molecule has 0 heterocycles. The first kappa shape index (κ1) is 13.9. The lowest BCUT2D eigenvalue weighted by Crippen LogP contribution is -1.97. The minimum Gasteiger partial charge on any atom is -0.493 e. The number of hydrogen-bond acceptors (Lipinski definition) is 4. The molecule has 4 nitrogen and oxygen atoms in total. The molecule has 0 unspecified atom stereocenters. The Morgan fingerprint density at radius 3 is 2.60 bits per heavy atom. The Kier molecular flexibility index (Phi) is 5.00. The van der Waals surface area contributed by atoms with Crippen LogP contribution in [0.3, 0.4) is 0 Å². The molecule has 2 aromatic rings. The molecule has 20 heavy (non-hydrogen) atoms. The molecule has 0 spiro atoms. The number of hydrazone groups is 1. The van der Waals surface area contributed by atoms with Crippen LogP contribution in [0.1, 0.15) is 12.5 Å². The highest BCUT2D eigenvalue weighted by Gasteiger charge is 2.03. The van der Waals surface area contributed by atoms with Crippen molar-refractivity contribution >= 4 is 11.9 Å². The van der Waals surface area contributed by atoms with E-state index in [1.165, 1.54) is 0 Å². The third kappa shape index (κ3) is 3.75. The van der Waals surface area contributed by atoms with E-state index in [9.17, 15) is 0 Å². The molecule has 0 radical (unpaired) electrons. The van der Waals surface area contributed by atoms with Gasteiger partial charge in [0, 0.05) is 0 Å². The Hall–Kier alpha value is -2.49. The van der Waals surface area contributed by atoms with Crippen LogP contribution in [0.5, 0.6) is 11.5 Å². The molecule has 104 valence electrons. The fraction of sp³-hybridized carbons (Fsp3) is 0.188. The Balaban J connectivity index is 2.07. The van der Waals surface area contributed by atoms with Crippen molar-refractivity contribution in [3.63, 3.8) is 0 Å². The summed E-state index contributed by atoms with van der Waals surface area (Å²) >= 11 is 0. The summed E-state index contributed by atoms with van der Waals surface area (Å²) < 4.78 is 10.8. The number of benzene rings is 2. The number of anilines is 1. The summed E-state index contributed by atoms with van der Waals surface area (Å²) in [5.41, 5.74) is 4.86. The van der Waals surface area contributed by atoms with Crippen LogP contribution in [0.2, 0.25) is 0 Å². The first-order chi connectivity index (χ1) is 9.83. The number of nitrogens with one attached hydrogen (secondary N) is 1. The van der Waals surface area contributed by atoms with E-state index < -0.39 is 0 Å². The summed E-state index contributed by atoms with van der Waals surface area (Å²) in [6, 6.07) is 15.5. The third-order valence-corrected chi connectivity index (χ3v) is 2.67. The summed E-state index contributed by atoms with van der Waals surface area (Å²) in [5.74, 6) is 1.44. The van der Waals surface area contributed by atoms with Crippen LogP contribution in [-0.2, 0) is 0 Å². The predicted octanol–water partition coefficient (Wildman–Crippen LogP) is 3.54. The van der Waals surface area contributed by atoms with Crippen LogP contribution >= 0.6 is 0 Å². The van der Waals surface area contributed by atoms with E-state index in [2.05, 4.69) is 10.5 Å². The van der Waals surface area contributed by atoms with Gasteiger partial charge in [0.05, 0.1) is 25.6 Å². The highest BCUT2D eigenvalue weighted by molar-refractivity contribution is 5.81. The minimum atomic E-state index is 0.596. The van der Waals surface area contributed by atoms with Gasteiger partial charge in [-0.2, -0.15) is 5.10 Å². The van der Waals surface area contributed by atoms with E-state index >= 15 is 0 Å². The molecular weight excluding hydrogens is 252 g/mol. The number of rotatable bonds is 6. The summed E-state index contributed by atoms with van der Waals surface area (Å²) in [5, 5.41) is 4.20. The van der Waals surface area contributed by atoms with Gasteiger partial charge in [0.25, 0.3) is 0 Å². The van der Waals surface area contributed by atoms with Gasteiger partial charge in [0.2, 0.25) is 0 Å². The molecule has 0 atom stereocenters. The molecule has 2 aromatic carbocycles. The average molecular weight is 270 g/mol. The van der Waals surface area contributed by atoms with Crippen LogP contribution in [0.25, 0.3) is 0 Å². The van der Waals surface area contributed by atoms with Gasteiger partial charge >= 0.3 is 0 Å². The molecule has 0 saturated carbocycles. The summed E-state index contributed by atoms with van der Waals surface area (Å²) in [6.45, 7) is 2.54. The maximum Gasteiger partial charge on any atom is 0.161 e. The molecule has 0 aliphatic carbocycles. The van der Waals surface area contributed by atoms with Gasteiger partial charge in [-0.25, -0.2) is 0 Å². The Bertz CT molecular complexity index is 568. The van der Waals surface area contributed by atoms with Crippen LogP contribution in [0.4, 0.5) is 5.69 Å². The second-order valence-electron chi connectivity index (χ2n) is 4.08. The maximum atomic E-state index is 5.53. The molecule has 2 rings (SSSR count). The van der Waals surface area contributed by atoms with E-state index in [4.69, 9.17) is 9.47 Å². The van der Waals surface area contributed by atoms with Gasteiger partial charge in [-0.3, -0.25) is 5.43 Å². The zero-order valence-electron chi connectivity index (χ0n) is 11.7. The van der Waals surface area contributed by atoms with E-state index in [1.54, 1.807) is 13.3 Å². The number of methoxy groups -OCH3 is 1. The molecule has 0 aromatic heterocycles. The van der Waals surface area contributed by atoms with Crippen molar-refractivity contribution in [2.75, 3.05) is 19.1 Å². The number of ether oxygens (including phenoxy) is 2. The second kappa shape index (κ2) is 7.19. The van der Waals surface area contributed by atoms with Crippen LogP contribution in [0.15, 0.2) is 53.6 Å². The summed E-state index contributed by atoms with van der Waals surface area (Å²) in [4.78, 5) is 0. The highest BCUT2D eigenvalue weighted by Crippen LogP contribution is 2.27. The van der Waals surface area contributed by atoms with Crippen molar-refractivity contribution in [3.05, 3.63) is 54.1 Å². The smallest absolute Gasteiger partial charge is 0.161 e. The Morgan fingerprint density at radius 2 is 1.90 bits per heavy atom. The van der Waals surface area contributed by atoms with Crippen molar-refractivity contribution in [2.24, 2.45) is 5.10 Å². The SMILES string of the molecule is CCOc1cc(C=NNc2ccccc2)ccc1OC. The zero-order valence-corrected chi connectivity index (χ0v) is 11.7. The Labute approximate surface area is 119 Å². The number of nitrogens with zero attached hydrogens (tertiary/aromatic N) is 1.